The van der Waals surface area contributed by atoms with Gasteiger partial charge in [-0.1, -0.05) is 25.6 Å². The molecule has 1 aromatic rings. The van der Waals surface area contributed by atoms with Gasteiger partial charge in [0.2, 0.25) is 0 Å². The Morgan fingerprint density at radius 2 is 2.06 bits per heavy atom. The summed E-state index contributed by atoms with van der Waals surface area (Å²) in [6, 6.07) is 2.53. The lowest BCUT2D eigenvalue weighted by Crippen LogP contribution is -2.11. The Balaban J connectivity index is 2.12. The summed E-state index contributed by atoms with van der Waals surface area (Å²) in [5.74, 6) is 1.82. The van der Waals surface area contributed by atoms with Crippen molar-refractivity contribution in [2.45, 2.75) is 38.4 Å². The zero-order chi connectivity index (χ0) is 12.5. The van der Waals surface area contributed by atoms with Gasteiger partial charge in [-0.15, -0.1) is 0 Å². The van der Waals surface area contributed by atoms with Gasteiger partial charge in [-0.25, -0.2) is 9.97 Å². The third-order valence-electron chi connectivity index (χ3n) is 3.08. The van der Waals surface area contributed by atoms with E-state index in [0.717, 1.165) is 23.3 Å². The second-order valence-corrected chi connectivity index (χ2v) is 5.82. The van der Waals surface area contributed by atoms with Crippen molar-refractivity contribution in [3.05, 3.63) is 6.07 Å². The van der Waals surface area contributed by atoms with Crippen LogP contribution < -0.4 is 10.6 Å². The number of anilines is 2. The Labute approximate surface area is 107 Å². The van der Waals surface area contributed by atoms with Crippen LogP contribution in [-0.4, -0.2) is 28.8 Å². The molecule has 1 atom stereocenters. The molecule has 94 valence electrons. The van der Waals surface area contributed by atoms with Crippen LogP contribution in [0.4, 0.5) is 11.6 Å². The summed E-state index contributed by atoms with van der Waals surface area (Å²) in [5, 5.41) is 7.52. The first-order valence-electron chi connectivity index (χ1n) is 5.98. The largest absolute Gasteiger partial charge is 0.370 e. The molecule has 1 heterocycles. The van der Waals surface area contributed by atoms with E-state index in [2.05, 4.69) is 41.4 Å². The highest BCUT2D eigenvalue weighted by atomic mass is 32.2. The lowest BCUT2D eigenvalue weighted by Gasteiger charge is -2.10. The summed E-state index contributed by atoms with van der Waals surface area (Å²) in [6.45, 7) is 7.48. The van der Waals surface area contributed by atoms with Gasteiger partial charge in [-0.2, -0.15) is 0 Å². The second-order valence-electron chi connectivity index (χ2n) is 5.05. The predicted octanol–water partition coefficient (Wildman–Crippen LogP) is 2.84. The van der Waals surface area contributed by atoms with Crippen molar-refractivity contribution < 1.29 is 0 Å². The number of aromatic nitrogens is 2. The van der Waals surface area contributed by atoms with Crippen molar-refractivity contribution >= 4 is 23.4 Å². The molecule has 1 aromatic heterocycles. The van der Waals surface area contributed by atoms with E-state index in [9.17, 15) is 0 Å². The number of nitrogens with one attached hydrogen (secondary N) is 2. The van der Waals surface area contributed by atoms with E-state index in [-0.39, 0.29) is 0 Å². The average molecular weight is 252 g/mol. The highest BCUT2D eigenvalue weighted by molar-refractivity contribution is 7.98. The van der Waals surface area contributed by atoms with Gasteiger partial charge in [0.05, 0.1) is 0 Å². The van der Waals surface area contributed by atoms with Gasteiger partial charge in [0.1, 0.15) is 11.6 Å². The quantitative estimate of drug-likeness (QED) is 0.623. The van der Waals surface area contributed by atoms with Crippen LogP contribution in [0.3, 0.4) is 0 Å². The van der Waals surface area contributed by atoms with Gasteiger partial charge in [0.15, 0.2) is 5.16 Å². The Morgan fingerprint density at radius 3 is 2.59 bits per heavy atom. The maximum Gasteiger partial charge on any atom is 0.191 e. The molecule has 2 N–H and O–H groups in total. The highest BCUT2D eigenvalue weighted by Crippen LogP contribution is 2.46. The number of nitrogens with zero attached hydrogens (tertiary/aromatic N) is 2. The Hall–Kier alpha value is -0.970. The van der Waals surface area contributed by atoms with Crippen LogP contribution in [0.2, 0.25) is 0 Å². The standard InChI is InChI=1S/C12H20N4S/c1-5-13-9-6-10(16-11(15-9)17-4)14-8-7-12(8,2)3/h6,8H,5,7H2,1-4H3,(H2,13,14,15,16). The molecule has 1 unspecified atom stereocenters. The van der Waals surface area contributed by atoms with Gasteiger partial charge in [0, 0.05) is 18.7 Å². The average Bonchev–Trinajstić information content (AvgIpc) is 2.86. The van der Waals surface area contributed by atoms with E-state index in [1.54, 1.807) is 11.8 Å². The fourth-order valence-corrected chi connectivity index (χ4v) is 2.13. The molecule has 1 saturated carbocycles. The smallest absolute Gasteiger partial charge is 0.191 e. The molecule has 0 radical (unpaired) electrons. The van der Waals surface area contributed by atoms with Crippen LogP contribution >= 0.6 is 11.8 Å². The Kier molecular flexibility index (Phi) is 3.47. The van der Waals surface area contributed by atoms with Crippen molar-refractivity contribution in [1.82, 2.24) is 9.97 Å². The molecule has 4 nitrogen and oxygen atoms in total. The van der Waals surface area contributed by atoms with Crippen molar-refractivity contribution in [1.29, 1.82) is 0 Å². The van der Waals surface area contributed by atoms with E-state index < -0.39 is 0 Å². The van der Waals surface area contributed by atoms with Gasteiger partial charge in [-0.3, -0.25) is 0 Å². The minimum Gasteiger partial charge on any atom is -0.370 e. The van der Waals surface area contributed by atoms with Crippen LogP contribution in [0, 0.1) is 5.41 Å². The number of hydrogen-bond acceptors (Lipinski definition) is 5. The van der Waals surface area contributed by atoms with Crippen LogP contribution in [0.25, 0.3) is 0 Å². The molecule has 0 spiro atoms. The minimum atomic E-state index is 0.406. The van der Waals surface area contributed by atoms with Gasteiger partial charge in [0.25, 0.3) is 0 Å². The van der Waals surface area contributed by atoms with E-state index in [1.807, 2.05) is 12.3 Å². The molecule has 2 rings (SSSR count). The van der Waals surface area contributed by atoms with E-state index in [1.165, 1.54) is 6.42 Å². The molecule has 0 bridgehead atoms. The zero-order valence-corrected chi connectivity index (χ0v) is 11.7. The monoisotopic (exact) mass is 252 g/mol. The molecule has 5 heteroatoms. The Morgan fingerprint density at radius 1 is 1.41 bits per heavy atom. The topological polar surface area (TPSA) is 49.8 Å². The van der Waals surface area contributed by atoms with Crippen molar-refractivity contribution in [2.24, 2.45) is 5.41 Å². The predicted molar refractivity (Wildman–Crippen MR) is 73.8 cm³/mol. The van der Waals surface area contributed by atoms with Crippen molar-refractivity contribution in [2.75, 3.05) is 23.4 Å². The minimum absolute atomic E-state index is 0.406. The van der Waals surface area contributed by atoms with Crippen LogP contribution in [-0.2, 0) is 0 Å². The van der Waals surface area contributed by atoms with Crippen molar-refractivity contribution in [3.63, 3.8) is 0 Å². The first-order chi connectivity index (χ1) is 8.05. The normalized spacial score (nSPS) is 21.1. The van der Waals surface area contributed by atoms with E-state index in [4.69, 9.17) is 0 Å². The first kappa shape index (κ1) is 12.5. The molecular weight excluding hydrogens is 232 g/mol. The fourth-order valence-electron chi connectivity index (χ4n) is 1.75. The summed E-state index contributed by atoms with van der Waals surface area (Å²) in [5.41, 5.74) is 0.406. The summed E-state index contributed by atoms with van der Waals surface area (Å²) < 4.78 is 0. The third kappa shape index (κ3) is 3.03. The SMILES string of the molecule is CCNc1cc(NC2CC2(C)C)nc(SC)n1. The summed E-state index contributed by atoms with van der Waals surface area (Å²) in [7, 11) is 0. The van der Waals surface area contributed by atoms with E-state index in [0.29, 0.717) is 11.5 Å². The lowest BCUT2D eigenvalue weighted by molar-refractivity contribution is 0.629. The number of rotatable bonds is 5. The van der Waals surface area contributed by atoms with Gasteiger partial charge >= 0.3 is 0 Å². The maximum absolute atomic E-state index is 4.48. The summed E-state index contributed by atoms with van der Waals surface area (Å²) in [6.07, 6.45) is 3.21. The van der Waals surface area contributed by atoms with Crippen LogP contribution in [0.5, 0.6) is 0 Å². The second kappa shape index (κ2) is 4.72. The molecule has 1 aliphatic carbocycles. The molecule has 17 heavy (non-hydrogen) atoms. The summed E-state index contributed by atoms with van der Waals surface area (Å²) >= 11 is 1.57. The lowest BCUT2D eigenvalue weighted by atomic mass is 10.2. The summed E-state index contributed by atoms with van der Waals surface area (Å²) in [4.78, 5) is 8.89. The van der Waals surface area contributed by atoms with Gasteiger partial charge < -0.3 is 10.6 Å². The zero-order valence-electron chi connectivity index (χ0n) is 10.9. The Bertz CT molecular complexity index is 405. The first-order valence-corrected chi connectivity index (χ1v) is 7.21. The third-order valence-corrected chi connectivity index (χ3v) is 3.63. The molecule has 0 saturated heterocycles. The van der Waals surface area contributed by atoms with Crippen LogP contribution in [0.15, 0.2) is 11.2 Å². The number of hydrogen-bond donors (Lipinski definition) is 2. The molecule has 0 aromatic carbocycles. The van der Waals surface area contributed by atoms with Crippen LogP contribution in [0.1, 0.15) is 27.2 Å². The van der Waals surface area contributed by atoms with E-state index >= 15 is 0 Å². The molecular formula is C12H20N4S. The number of thioether (sulfide) groups is 1. The molecule has 1 aliphatic rings. The molecule has 0 aliphatic heterocycles. The molecule has 1 fully saturated rings. The molecule has 0 amide bonds. The maximum atomic E-state index is 4.48. The van der Waals surface area contributed by atoms with Crippen molar-refractivity contribution in [3.8, 4) is 0 Å². The van der Waals surface area contributed by atoms with Gasteiger partial charge in [-0.05, 0) is 25.0 Å². The highest BCUT2D eigenvalue weighted by Gasteiger charge is 2.45. The fraction of sp³-hybridized carbons (Fsp3) is 0.667.